The number of ketones is 1. The van der Waals surface area contributed by atoms with Crippen molar-refractivity contribution in [2.24, 2.45) is 5.41 Å². The van der Waals surface area contributed by atoms with Gasteiger partial charge in [-0.25, -0.2) is 4.68 Å². The summed E-state index contributed by atoms with van der Waals surface area (Å²) in [6.45, 7) is 8.94. The number of halogens is 3. The topological polar surface area (TPSA) is 78.3 Å². The minimum absolute atomic E-state index is 0.110. The van der Waals surface area contributed by atoms with Crippen LogP contribution in [0.15, 0.2) is 51.2 Å². The molecule has 0 amide bonds. The third kappa shape index (κ3) is 5.82. The van der Waals surface area contributed by atoms with E-state index in [1.807, 2.05) is 29.8 Å². The molecule has 39 heavy (non-hydrogen) atoms. The molecule has 0 spiro atoms. The lowest BCUT2D eigenvalue weighted by Gasteiger charge is -2.38. The lowest BCUT2D eigenvalue weighted by molar-refractivity contribution is -0.118. The predicted octanol–water partition coefficient (Wildman–Crippen LogP) is 8.10. The van der Waals surface area contributed by atoms with Crippen LogP contribution in [0.2, 0.25) is 10.0 Å². The minimum atomic E-state index is -0.446. The first-order valence-corrected chi connectivity index (χ1v) is 15.3. The Balaban J connectivity index is 1.57. The number of carbonyl (C=O) groups is 1. The number of ether oxygens (including phenoxy) is 2. The van der Waals surface area contributed by atoms with E-state index in [2.05, 4.69) is 42.0 Å². The van der Waals surface area contributed by atoms with Crippen LogP contribution in [0, 0.1) is 5.41 Å². The maximum atomic E-state index is 13.6. The van der Waals surface area contributed by atoms with E-state index in [9.17, 15) is 4.79 Å². The van der Waals surface area contributed by atoms with Crippen LogP contribution in [0.5, 0.6) is 11.5 Å². The second kappa shape index (κ2) is 11.4. The van der Waals surface area contributed by atoms with Crippen LogP contribution < -0.4 is 14.8 Å². The summed E-state index contributed by atoms with van der Waals surface area (Å²) in [6.07, 6.45) is 1.22. The quantitative estimate of drug-likeness (QED) is 0.247. The summed E-state index contributed by atoms with van der Waals surface area (Å²) in [7, 11) is 0. The van der Waals surface area contributed by atoms with Crippen molar-refractivity contribution >= 4 is 62.6 Å². The summed E-state index contributed by atoms with van der Waals surface area (Å²) >= 11 is 17.5. The molecule has 0 bridgehead atoms. The van der Waals surface area contributed by atoms with E-state index in [0.717, 1.165) is 34.6 Å². The van der Waals surface area contributed by atoms with Gasteiger partial charge in [0.15, 0.2) is 17.3 Å². The van der Waals surface area contributed by atoms with E-state index in [-0.39, 0.29) is 17.8 Å². The van der Waals surface area contributed by atoms with Crippen molar-refractivity contribution in [3.8, 4) is 11.5 Å². The SMILES string of the molecule is CCOc1cc(C2C3=C(CC(C)(C)CC3=O)Nc3nc(SCC)nn32)cc(Br)c1OCc1ccc(Cl)c(Cl)c1. The molecule has 5 rings (SSSR count). The molecule has 0 saturated heterocycles. The number of nitrogens with one attached hydrogen (secondary N) is 1. The van der Waals surface area contributed by atoms with Crippen LogP contribution in [0.3, 0.4) is 0 Å². The van der Waals surface area contributed by atoms with Gasteiger partial charge >= 0.3 is 0 Å². The van der Waals surface area contributed by atoms with Crippen molar-refractivity contribution in [3.05, 3.63) is 67.2 Å². The highest BCUT2D eigenvalue weighted by atomic mass is 79.9. The first kappa shape index (κ1) is 28.3. The van der Waals surface area contributed by atoms with Crippen molar-refractivity contribution < 1.29 is 14.3 Å². The smallest absolute Gasteiger partial charge is 0.227 e. The van der Waals surface area contributed by atoms with Crippen molar-refractivity contribution in [1.82, 2.24) is 14.8 Å². The molecule has 1 aromatic heterocycles. The Kier molecular flexibility index (Phi) is 8.25. The molecular formula is C28H29BrCl2N4O3S. The first-order chi connectivity index (χ1) is 18.6. The number of hydrogen-bond donors (Lipinski definition) is 1. The zero-order valence-corrected chi connectivity index (χ0v) is 26.0. The van der Waals surface area contributed by atoms with E-state index in [1.54, 1.807) is 23.9 Å². The fourth-order valence-corrected chi connectivity index (χ4v) is 6.47. The monoisotopic (exact) mass is 650 g/mol. The maximum Gasteiger partial charge on any atom is 0.227 e. The lowest BCUT2D eigenvalue weighted by atomic mass is 9.73. The molecule has 1 unspecified atom stereocenters. The molecule has 1 N–H and O–H groups in total. The van der Waals surface area contributed by atoms with Gasteiger partial charge in [-0.1, -0.05) is 61.8 Å². The highest BCUT2D eigenvalue weighted by Gasteiger charge is 2.42. The Morgan fingerprint density at radius 3 is 2.67 bits per heavy atom. The number of carbonyl (C=O) groups excluding carboxylic acids is 1. The van der Waals surface area contributed by atoms with Crippen LogP contribution in [0.4, 0.5) is 5.95 Å². The molecule has 1 aliphatic carbocycles. The van der Waals surface area contributed by atoms with E-state index >= 15 is 0 Å². The normalized spacial score (nSPS) is 17.9. The van der Waals surface area contributed by atoms with E-state index in [0.29, 0.717) is 50.1 Å². The molecule has 0 radical (unpaired) electrons. The van der Waals surface area contributed by atoms with Crippen LogP contribution in [0.25, 0.3) is 0 Å². The molecule has 2 aliphatic rings. The van der Waals surface area contributed by atoms with Crippen molar-refractivity contribution in [2.75, 3.05) is 17.7 Å². The number of allylic oxidation sites excluding steroid dienone is 2. The molecule has 0 saturated carbocycles. The summed E-state index contributed by atoms with van der Waals surface area (Å²) < 4.78 is 14.8. The van der Waals surface area contributed by atoms with E-state index in [4.69, 9.17) is 42.8 Å². The number of fused-ring (bicyclic) bond motifs is 1. The van der Waals surface area contributed by atoms with E-state index in [1.165, 1.54) is 0 Å². The van der Waals surface area contributed by atoms with Gasteiger partial charge in [-0.05, 0) is 75.8 Å². The Bertz CT molecular complexity index is 1470. The van der Waals surface area contributed by atoms with Gasteiger partial charge in [-0.2, -0.15) is 4.98 Å². The van der Waals surface area contributed by atoms with Gasteiger partial charge in [-0.15, -0.1) is 5.10 Å². The average Bonchev–Trinajstić information content (AvgIpc) is 3.25. The standard InChI is InChI=1S/C28H29BrCl2N4O3S/c1-5-37-22-11-16(10-17(29)25(22)38-14-15-7-8-18(30)19(31)9-15)24-23-20(12-28(3,4)13-21(23)36)32-26-33-27(39-6-2)34-35(24)26/h7-11,24H,5-6,12-14H2,1-4H3,(H,32,33,34). The molecule has 2 aromatic carbocycles. The molecule has 3 aromatic rings. The van der Waals surface area contributed by atoms with Gasteiger partial charge < -0.3 is 14.8 Å². The minimum Gasteiger partial charge on any atom is -0.490 e. The Hall–Kier alpha value is -2.20. The number of nitrogens with zero attached hydrogens (tertiary/aromatic N) is 3. The number of thioether (sulfide) groups is 1. The number of anilines is 1. The molecule has 2 heterocycles. The number of Topliss-reactive ketones (excluding diaryl/α,β-unsaturated/α-hetero) is 1. The third-order valence-electron chi connectivity index (χ3n) is 6.60. The number of benzene rings is 2. The van der Waals surface area contributed by atoms with Crippen LogP contribution >= 0.6 is 50.9 Å². The highest BCUT2D eigenvalue weighted by Crippen LogP contribution is 2.48. The number of hydrogen-bond acceptors (Lipinski definition) is 7. The summed E-state index contributed by atoms with van der Waals surface area (Å²) in [6, 6.07) is 8.86. The maximum absolute atomic E-state index is 13.6. The molecule has 1 aliphatic heterocycles. The lowest BCUT2D eigenvalue weighted by Crippen LogP contribution is -2.36. The van der Waals surface area contributed by atoms with Gasteiger partial charge in [0.1, 0.15) is 12.6 Å². The molecule has 206 valence electrons. The Morgan fingerprint density at radius 2 is 1.95 bits per heavy atom. The van der Waals surface area contributed by atoms with Gasteiger partial charge in [0.05, 0.1) is 21.1 Å². The molecular weight excluding hydrogens is 623 g/mol. The molecule has 0 fully saturated rings. The second-order valence-corrected chi connectivity index (χ2v) is 13.2. The highest BCUT2D eigenvalue weighted by molar-refractivity contribution is 9.10. The molecule has 11 heteroatoms. The van der Waals surface area contributed by atoms with Crippen LogP contribution in [0.1, 0.15) is 57.7 Å². The van der Waals surface area contributed by atoms with Gasteiger partial charge in [0, 0.05) is 17.7 Å². The van der Waals surface area contributed by atoms with Crippen LogP contribution in [-0.4, -0.2) is 32.9 Å². The third-order valence-corrected chi connectivity index (χ3v) is 8.65. The zero-order valence-electron chi connectivity index (χ0n) is 22.1. The zero-order chi connectivity index (χ0) is 27.9. The molecule has 7 nitrogen and oxygen atoms in total. The fourth-order valence-electron chi connectivity index (χ4n) is 5.02. The average molecular weight is 652 g/mol. The Morgan fingerprint density at radius 1 is 1.15 bits per heavy atom. The second-order valence-electron chi connectivity index (χ2n) is 10.3. The van der Waals surface area contributed by atoms with E-state index < -0.39 is 6.04 Å². The largest absolute Gasteiger partial charge is 0.490 e. The summed E-state index contributed by atoms with van der Waals surface area (Å²) in [5.41, 5.74) is 3.21. The Labute approximate surface area is 250 Å². The predicted molar refractivity (Wildman–Crippen MR) is 159 cm³/mol. The van der Waals surface area contributed by atoms with Gasteiger partial charge in [0.25, 0.3) is 0 Å². The molecule has 1 atom stereocenters. The number of aromatic nitrogens is 3. The van der Waals surface area contributed by atoms with Gasteiger partial charge in [-0.3, -0.25) is 4.79 Å². The summed E-state index contributed by atoms with van der Waals surface area (Å²) in [5.74, 6) is 2.72. The van der Waals surface area contributed by atoms with Crippen molar-refractivity contribution in [2.45, 2.75) is 58.3 Å². The van der Waals surface area contributed by atoms with Crippen molar-refractivity contribution in [1.29, 1.82) is 0 Å². The van der Waals surface area contributed by atoms with Crippen molar-refractivity contribution in [3.63, 3.8) is 0 Å². The van der Waals surface area contributed by atoms with Gasteiger partial charge in [0.2, 0.25) is 11.1 Å². The summed E-state index contributed by atoms with van der Waals surface area (Å²) in [4.78, 5) is 18.3. The summed E-state index contributed by atoms with van der Waals surface area (Å²) in [5, 5.41) is 9.84. The number of rotatable bonds is 8. The van der Waals surface area contributed by atoms with Crippen LogP contribution in [-0.2, 0) is 11.4 Å². The fraction of sp³-hybridized carbons (Fsp3) is 0.393. The first-order valence-electron chi connectivity index (χ1n) is 12.8.